The molecule has 3 rings (SSSR count). The van der Waals surface area contributed by atoms with Crippen LogP contribution in [0.25, 0.3) is 0 Å². The molecule has 0 bridgehead atoms. The van der Waals surface area contributed by atoms with Gasteiger partial charge in [-0.2, -0.15) is 0 Å². The molecular weight excluding hydrogens is 256 g/mol. The lowest BCUT2D eigenvalue weighted by atomic mass is 9.81. The quantitative estimate of drug-likeness (QED) is 0.840. The molecule has 110 valence electrons. The molecule has 0 aliphatic heterocycles. The summed E-state index contributed by atoms with van der Waals surface area (Å²) in [6.45, 7) is 2.15. The van der Waals surface area contributed by atoms with E-state index in [1.165, 1.54) is 43.2 Å². The molecular formula is C19H24N2. The minimum absolute atomic E-state index is 0.398. The van der Waals surface area contributed by atoms with Gasteiger partial charge in [-0.25, -0.2) is 0 Å². The van der Waals surface area contributed by atoms with E-state index in [1.807, 2.05) is 12.4 Å². The van der Waals surface area contributed by atoms with Gasteiger partial charge < -0.3 is 5.32 Å². The zero-order valence-corrected chi connectivity index (χ0v) is 12.8. The molecule has 1 aliphatic rings. The van der Waals surface area contributed by atoms with Gasteiger partial charge in [0, 0.05) is 6.20 Å². The van der Waals surface area contributed by atoms with Crippen LogP contribution in [0.4, 0.5) is 5.69 Å². The fourth-order valence-corrected chi connectivity index (χ4v) is 3.38. The first-order chi connectivity index (χ1) is 10.3. The van der Waals surface area contributed by atoms with E-state index in [9.17, 15) is 0 Å². The first-order valence-electron chi connectivity index (χ1n) is 8.06. The molecule has 2 nitrogen and oxygen atoms in total. The molecule has 21 heavy (non-hydrogen) atoms. The number of aromatic nitrogens is 1. The Kier molecular flexibility index (Phi) is 4.54. The highest BCUT2D eigenvalue weighted by Crippen LogP contribution is 2.37. The molecule has 1 unspecified atom stereocenters. The van der Waals surface area contributed by atoms with E-state index in [4.69, 9.17) is 0 Å². The number of aryl methyl sites for hydroxylation is 1. The number of pyridine rings is 1. The second kappa shape index (κ2) is 6.75. The fourth-order valence-electron chi connectivity index (χ4n) is 3.38. The van der Waals surface area contributed by atoms with E-state index in [-0.39, 0.29) is 0 Å². The van der Waals surface area contributed by atoms with Gasteiger partial charge in [0.05, 0.1) is 17.9 Å². The molecule has 1 aromatic heterocycles. The van der Waals surface area contributed by atoms with Crippen LogP contribution in [0.1, 0.15) is 49.3 Å². The van der Waals surface area contributed by atoms with Crippen LogP contribution in [0.5, 0.6) is 0 Å². The maximum absolute atomic E-state index is 4.27. The van der Waals surface area contributed by atoms with Gasteiger partial charge in [-0.1, -0.05) is 49.6 Å². The number of rotatable bonds is 4. The minimum Gasteiger partial charge on any atom is -0.376 e. The third kappa shape index (κ3) is 3.44. The molecule has 1 fully saturated rings. The molecule has 1 N–H and O–H groups in total. The van der Waals surface area contributed by atoms with Crippen molar-refractivity contribution in [1.82, 2.24) is 4.98 Å². The van der Waals surface area contributed by atoms with E-state index in [0.717, 1.165) is 11.6 Å². The van der Waals surface area contributed by atoms with Gasteiger partial charge in [0.1, 0.15) is 0 Å². The summed E-state index contributed by atoms with van der Waals surface area (Å²) in [6.07, 6.45) is 10.6. The molecule has 2 aromatic rings. The molecule has 1 aliphatic carbocycles. The van der Waals surface area contributed by atoms with Crippen molar-refractivity contribution in [3.63, 3.8) is 0 Å². The van der Waals surface area contributed by atoms with Crippen LogP contribution in [0.2, 0.25) is 0 Å². The second-order valence-corrected chi connectivity index (χ2v) is 6.12. The number of anilines is 1. The smallest absolute Gasteiger partial charge is 0.0561 e. The summed E-state index contributed by atoms with van der Waals surface area (Å²) >= 11 is 0. The Labute approximate surface area is 127 Å². The van der Waals surface area contributed by atoms with Crippen molar-refractivity contribution in [2.24, 2.45) is 5.92 Å². The molecule has 2 heteroatoms. The van der Waals surface area contributed by atoms with E-state index in [2.05, 4.69) is 53.6 Å². The third-order valence-electron chi connectivity index (χ3n) is 4.63. The SMILES string of the molecule is Cc1ccncc1NC(c1ccccc1)C1CCCCC1. The number of nitrogens with one attached hydrogen (secondary N) is 1. The number of benzene rings is 1. The van der Waals surface area contributed by atoms with Gasteiger partial charge in [-0.15, -0.1) is 0 Å². The zero-order chi connectivity index (χ0) is 14.5. The van der Waals surface area contributed by atoms with Crippen LogP contribution >= 0.6 is 0 Å². The summed E-state index contributed by atoms with van der Waals surface area (Å²) < 4.78 is 0. The molecule has 1 atom stereocenters. The molecule has 0 spiro atoms. The lowest BCUT2D eigenvalue weighted by Gasteiger charge is -2.32. The van der Waals surface area contributed by atoms with Gasteiger partial charge in [-0.3, -0.25) is 4.98 Å². The lowest BCUT2D eigenvalue weighted by molar-refractivity contribution is 0.321. The number of hydrogen-bond donors (Lipinski definition) is 1. The second-order valence-electron chi connectivity index (χ2n) is 6.12. The van der Waals surface area contributed by atoms with Gasteiger partial charge in [-0.05, 0) is 42.9 Å². The van der Waals surface area contributed by atoms with Gasteiger partial charge in [0.25, 0.3) is 0 Å². The summed E-state index contributed by atoms with van der Waals surface area (Å²) in [5.74, 6) is 0.723. The van der Waals surface area contributed by atoms with Crippen LogP contribution < -0.4 is 5.32 Å². The van der Waals surface area contributed by atoms with Crippen molar-refractivity contribution >= 4 is 5.69 Å². The van der Waals surface area contributed by atoms with Crippen LogP contribution in [0.3, 0.4) is 0 Å². The molecule has 1 aromatic carbocycles. The lowest BCUT2D eigenvalue weighted by Crippen LogP contribution is -2.23. The summed E-state index contributed by atoms with van der Waals surface area (Å²) in [6, 6.07) is 13.3. The van der Waals surface area contributed by atoms with E-state index < -0.39 is 0 Å². The summed E-state index contributed by atoms with van der Waals surface area (Å²) in [5.41, 5.74) is 3.83. The van der Waals surface area contributed by atoms with Crippen molar-refractivity contribution in [3.05, 3.63) is 59.9 Å². The molecule has 0 saturated heterocycles. The molecule has 1 saturated carbocycles. The van der Waals surface area contributed by atoms with Gasteiger partial charge >= 0.3 is 0 Å². The number of nitrogens with zero attached hydrogens (tertiary/aromatic N) is 1. The molecule has 1 heterocycles. The highest BCUT2D eigenvalue weighted by Gasteiger charge is 2.25. The highest BCUT2D eigenvalue weighted by molar-refractivity contribution is 5.50. The van der Waals surface area contributed by atoms with Crippen molar-refractivity contribution in [1.29, 1.82) is 0 Å². The molecule has 0 amide bonds. The maximum atomic E-state index is 4.27. The van der Waals surface area contributed by atoms with Crippen LogP contribution in [-0.2, 0) is 0 Å². The van der Waals surface area contributed by atoms with Crippen LogP contribution in [0.15, 0.2) is 48.8 Å². The average Bonchev–Trinajstić information content (AvgIpc) is 2.56. The first-order valence-corrected chi connectivity index (χ1v) is 8.06. The summed E-state index contributed by atoms with van der Waals surface area (Å²) in [7, 11) is 0. The van der Waals surface area contributed by atoms with Crippen molar-refractivity contribution in [3.8, 4) is 0 Å². The Morgan fingerprint density at radius 3 is 2.52 bits per heavy atom. The highest BCUT2D eigenvalue weighted by atomic mass is 14.9. The summed E-state index contributed by atoms with van der Waals surface area (Å²) in [4.78, 5) is 4.27. The monoisotopic (exact) mass is 280 g/mol. The minimum atomic E-state index is 0.398. The van der Waals surface area contributed by atoms with Crippen molar-refractivity contribution < 1.29 is 0 Å². The Bertz CT molecular complexity index is 559. The predicted molar refractivity (Wildman–Crippen MR) is 88.4 cm³/mol. The Morgan fingerprint density at radius 2 is 1.81 bits per heavy atom. The normalized spacial score (nSPS) is 17.4. The third-order valence-corrected chi connectivity index (χ3v) is 4.63. The van der Waals surface area contributed by atoms with Gasteiger partial charge in [0.2, 0.25) is 0 Å². The van der Waals surface area contributed by atoms with Gasteiger partial charge in [0.15, 0.2) is 0 Å². The topological polar surface area (TPSA) is 24.9 Å². The average molecular weight is 280 g/mol. The van der Waals surface area contributed by atoms with E-state index >= 15 is 0 Å². The predicted octanol–water partition coefficient (Wildman–Crippen LogP) is 5.12. The number of hydrogen-bond acceptors (Lipinski definition) is 2. The van der Waals surface area contributed by atoms with Crippen LogP contribution in [0, 0.1) is 12.8 Å². The standard InChI is InChI=1S/C19H24N2/c1-15-12-13-20-14-18(15)21-19(16-8-4-2-5-9-16)17-10-6-3-7-11-17/h2,4-5,8-9,12-14,17,19,21H,3,6-7,10-11H2,1H3. The maximum Gasteiger partial charge on any atom is 0.0561 e. The molecule has 0 radical (unpaired) electrons. The Hall–Kier alpha value is -1.83. The van der Waals surface area contributed by atoms with Crippen molar-refractivity contribution in [2.45, 2.75) is 45.1 Å². The summed E-state index contributed by atoms with van der Waals surface area (Å²) in [5, 5.41) is 3.77. The van der Waals surface area contributed by atoms with E-state index in [0.29, 0.717) is 6.04 Å². The zero-order valence-electron chi connectivity index (χ0n) is 12.8. The first kappa shape index (κ1) is 14.1. The van der Waals surface area contributed by atoms with E-state index in [1.54, 1.807) is 0 Å². The van der Waals surface area contributed by atoms with Crippen LogP contribution in [-0.4, -0.2) is 4.98 Å². The fraction of sp³-hybridized carbons (Fsp3) is 0.421. The van der Waals surface area contributed by atoms with Crippen molar-refractivity contribution in [2.75, 3.05) is 5.32 Å². The Balaban J connectivity index is 1.87. The largest absolute Gasteiger partial charge is 0.376 e. The Morgan fingerprint density at radius 1 is 1.05 bits per heavy atom.